The summed E-state index contributed by atoms with van der Waals surface area (Å²) in [4.78, 5) is 40.9. The van der Waals surface area contributed by atoms with Gasteiger partial charge in [0.15, 0.2) is 5.78 Å². The number of rotatable bonds is 1. The zero-order chi connectivity index (χ0) is 18.5. The highest BCUT2D eigenvalue weighted by atomic mass is 16.2. The van der Waals surface area contributed by atoms with Crippen molar-refractivity contribution in [2.75, 3.05) is 5.73 Å². The van der Waals surface area contributed by atoms with Crippen LogP contribution in [-0.2, 0) is 9.59 Å². The summed E-state index contributed by atoms with van der Waals surface area (Å²) in [7, 11) is 0. The van der Waals surface area contributed by atoms with Gasteiger partial charge in [-0.25, -0.2) is 4.98 Å². The van der Waals surface area contributed by atoms with Crippen molar-refractivity contribution in [1.29, 1.82) is 0 Å². The lowest BCUT2D eigenvalue weighted by molar-refractivity contribution is -0.132. The number of ketones is 2. The molecule has 6 nitrogen and oxygen atoms in total. The van der Waals surface area contributed by atoms with Crippen LogP contribution in [0.3, 0.4) is 0 Å². The van der Waals surface area contributed by atoms with Crippen LogP contribution >= 0.6 is 0 Å². The van der Waals surface area contributed by atoms with Crippen molar-refractivity contribution in [2.45, 2.75) is 32.2 Å². The molecule has 108 valence electrons. The molecule has 1 saturated carbocycles. The fourth-order valence-electron chi connectivity index (χ4n) is 2.51. The molecule has 6 heteroatoms. The average Bonchev–Trinajstić information content (AvgIpc) is 2.54. The molecule has 1 aromatic carbocycles. The number of nitrogen functional groups attached to an aromatic ring is 1. The quantitative estimate of drug-likeness (QED) is 0.627. The molecule has 0 saturated heterocycles. The summed E-state index contributed by atoms with van der Waals surface area (Å²) in [6.07, 6.45) is -1.85. The van der Waals surface area contributed by atoms with Crippen molar-refractivity contribution in [3.8, 4) is 0 Å². The first-order valence-corrected chi connectivity index (χ1v) is 6.35. The van der Waals surface area contributed by atoms with Crippen LogP contribution in [0.25, 0.3) is 10.9 Å². The number of benzene rings is 1. The van der Waals surface area contributed by atoms with E-state index >= 15 is 0 Å². The number of hydrogen-bond acceptors (Lipinski definition) is 5. The molecule has 1 fully saturated rings. The van der Waals surface area contributed by atoms with E-state index in [4.69, 9.17) is 11.2 Å². The first kappa shape index (κ1) is 9.44. The molecule has 0 radical (unpaired) electrons. The molecule has 21 heavy (non-hydrogen) atoms. The normalized spacial score (nSPS) is 25.6. The number of fused-ring (bicyclic) bond motifs is 1. The van der Waals surface area contributed by atoms with Crippen LogP contribution in [0.2, 0.25) is 0 Å². The van der Waals surface area contributed by atoms with E-state index in [1.807, 2.05) is 0 Å². The van der Waals surface area contributed by atoms with Crippen LogP contribution in [0.1, 0.15) is 36.6 Å². The third-order valence-electron chi connectivity index (χ3n) is 3.52. The van der Waals surface area contributed by atoms with E-state index in [0.717, 1.165) is 4.57 Å². The van der Waals surface area contributed by atoms with Crippen LogP contribution in [0, 0.1) is 6.88 Å². The predicted octanol–water partition coefficient (Wildman–Crippen LogP) is 1.15. The van der Waals surface area contributed by atoms with Gasteiger partial charge < -0.3 is 5.73 Å². The molecule has 0 amide bonds. The molecule has 1 aromatic heterocycles. The van der Waals surface area contributed by atoms with E-state index in [1.165, 1.54) is 12.1 Å². The van der Waals surface area contributed by atoms with Gasteiger partial charge >= 0.3 is 0 Å². The highest BCUT2D eigenvalue weighted by Gasteiger charge is 2.30. The minimum absolute atomic E-state index is 0.0665. The van der Waals surface area contributed by atoms with Gasteiger partial charge in [0.05, 0.1) is 24.7 Å². The number of Topliss-reactive ketones (excluding diaryl/α,β-unsaturated/α-hetero) is 2. The summed E-state index contributed by atoms with van der Waals surface area (Å²) < 4.78 is 31.7. The Morgan fingerprint density at radius 3 is 3.10 bits per heavy atom. The van der Waals surface area contributed by atoms with E-state index < -0.39 is 42.9 Å². The smallest absolute Gasteiger partial charge is 0.264 e. The van der Waals surface area contributed by atoms with Crippen LogP contribution in [0.15, 0.2) is 23.0 Å². The lowest BCUT2D eigenvalue weighted by atomic mass is 9.92. The van der Waals surface area contributed by atoms with Crippen LogP contribution in [0.4, 0.5) is 5.69 Å². The second kappa shape index (κ2) is 4.80. The fourth-order valence-corrected chi connectivity index (χ4v) is 2.51. The van der Waals surface area contributed by atoms with Gasteiger partial charge in [0.1, 0.15) is 11.6 Å². The minimum atomic E-state index is -1.65. The molecule has 3 rings (SSSR count). The number of nitrogens with two attached hydrogens (primary N) is 1. The number of carbonyl (C=O) groups excluding carboxylic acids is 2. The Morgan fingerprint density at radius 2 is 2.33 bits per heavy atom. The average molecular weight is 289 g/mol. The minimum Gasteiger partial charge on any atom is -0.398 e. The largest absolute Gasteiger partial charge is 0.398 e. The molecule has 2 atom stereocenters. The molecule has 1 aliphatic carbocycles. The summed E-state index contributed by atoms with van der Waals surface area (Å²) in [6, 6.07) is 1.52. The van der Waals surface area contributed by atoms with Gasteiger partial charge in [-0.15, -0.1) is 0 Å². The Balaban J connectivity index is 2.33. The molecular weight excluding hydrogens is 270 g/mol. The van der Waals surface area contributed by atoms with E-state index in [-0.39, 0.29) is 34.9 Å². The van der Waals surface area contributed by atoms with E-state index in [2.05, 4.69) is 4.98 Å². The third kappa shape index (κ3) is 2.12. The first-order valence-electron chi connectivity index (χ1n) is 8.59. The zero-order valence-corrected chi connectivity index (χ0v) is 11.0. The Morgan fingerprint density at radius 1 is 1.52 bits per heavy atom. The first-order chi connectivity index (χ1) is 11.7. The summed E-state index contributed by atoms with van der Waals surface area (Å²) in [5, 5.41) is -0.0665. The summed E-state index contributed by atoms with van der Waals surface area (Å²) >= 11 is 0. The topological polar surface area (TPSA) is 95.0 Å². The van der Waals surface area contributed by atoms with Crippen molar-refractivity contribution >= 4 is 28.2 Å². The van der Waals surface area contributed by atoms with Crippen molar-refractivity contribution in [3.05, 3.63) is 34.4 Å². The molecule has 2 N–H and O–H groups in total. The Kier molecular flexibility index (Phi) is 2.16. The Labute approximate surface area is 126 Å². The van der Waals surface area contributed by atoms with Crippen molar-refractivity contribution < 1.29 is 15.1 Å². The zero-order valence-electron chi connectivity index (χ0n) is 15.0. The molecule has 0 aliphatic heterocycles. The Hall–Kier alpha value is -2.50. The Bertz CT molecular complexity index is 957. The molecular formula is C15H15N3O3. The number of anilines is 1. The van der Waals surface area contributed by atoms with E-state index in [0.29, 0.717) is 0 Å². The molecule has 2 aromatic rings. The van der Waals surface area contributed by atoms with Crippen molar-refractivity contribution in [3.63, 3.8) is 0 Å². The maximum atomic E-state index is 13.0. The fraction of sp³-hybridized carbons (Fsp3) is 0.333. The van der Waals surface area contributed by atoms with Crippen LogP contribution in [-0.4, -0.2) is 21.1 Å². The number of carbonyl (C=O) groups is 2. The summed E-state index contributed by atoms with van der Waals surface area (Å²) in [5.41, 5.74) is 5.10. The van der Waals surface area contributed by atoms with Gasteiger partial charge in [-0.3, -0.25) is 19.0 Å². The van der Waals surface area contributed by atoms with Crippen LogP contribution in [0.5, 0.6) is 0 Å². The van der Waals surface area contributed by atoms with Crippen LogP contribution < -0.4 is 11.3 Å². The van der Waals surface area contributed by atoms with Gasteiger partial charge in [0.2, 0.25) is 0 Å². The van der Waals surface area contributed by atoms with E-state index in [9.17, 15) is 14.4 Å². The molecule has 0 spiro atoms. The van der Waals surface area contributed by atoms with Gasteiger partial charge in [-0.2, -0.15) is 0 Å². The highest BCUT2D eigenvalue weighted by Crippen LogP contribution is 2.24. The lowest BCUT2D eigenvalue weighted by Gasteiger charge is -2.24. The van der Waals surface area contributed by atoms with E-state index in [1.54, 1.807) is 0 Å². The molecule has 2 unspecified atom stereocenters. The summed E-state index contributed by atoms with van der Waals surface area (Å²) in [5.74, 6) is -1.33. The standard InChI is InChI=1S/C15H15N3O3/c1-8-17-11-4-2-3-10(16)14(11)15(21)18(8)12-6-5-9(19)7-13(12)20/h2-4,12H,5-7,16H2,1H3/i1D2,3D,5D. The monoisotopic (exact) mass is 289 g/mol. The van der Waals surface area contributed by atoms with Gasteiger partial charge in [-0.05, 0) is 25.4 Å². The highest BCUT2D eigenvalue weighted by molar-refractivity contribution is 6.03. The number of nitrogens with zero attached hydrogens (tertiary/aromatic N) is 2. The molecule has 1 aliphatic rings. The maximum Gasteiger partial charge on any atom is 0.264 e. The number of aromatic nitrogens is 2. The SMILES string of the molecule is [2H]c1ccc2nc(C([2H])[2H])n(C3CC([2H])C(=O)CC3=O)c(=O)c2c1N. The number of hydrogen-bond donors (Lipinski definition) is 1. The van der Waals surface area contributed by atoms with Crippen molar-refractivity contribution in [2.24, 2.45) is 0 Å². The second-order valence-corrected chi connectivity index (χ2v) is 4.86. The molecule has 0 bridgehead atoms. The van der Waals surface area contributed by atoms with Gasteiger partial charge in [-0.1, -0.05) is 6.07 Å². The number of aryl methyl sites for hydroxylation is 1. The van der Waals surface area contributed by atoms with Gasteiger partial charge in [0.25, 0.3) is 5.56 Å². The third-order valence-corrected chi connectivity index (χ3v) is 3.52. The molecule has 1 heterocycles. The van der Waals surface area contributed by atoms with Gasteiger partial charge in [0, 0.05) is 16.2 Å². The predicted molar refractivity (Wildman–Crippen MR) is 78.1 cm³/mol. The van der Waals surface area contributed by atoms with Crippen molar-refractivity contribution in [1.82, 2.24) is 9.55 Å². The second-order valence-electron chi connectivity index (χ2n) is 4.86. The summed E-state index contributed by atoms with van der Waals surface area (Å²) in [6.45, 7) is -1.65. The maximum absolute atomic E-state index is 13.0. The lowest BCUT2D eigenvalue weighted by Crippen LogP contribution is -2.36.